The molecule has 3 rings (SSSR count). The summed E-state index contributed by atoms with van der Waals surface area (Å²) in [6, 6.07) is 8.79. The molecule has 1 aliphatic heterocycles. The minimum Gasteiger partial charge on any atom is -0.396 e. The van der Waals surface area contributed by atoms with Gasteiger partial charge in [-0.15, -0.1) is 0 Å². The molecule has 0 saturated carbocycles. The van der Waals surface area contributed by atoms with E-state index in [-0.39, 0.29) is 0 Å². The maximum atomic E-state index is 5.67. The van der Waals surface area contributed by atoms with Gasteiger partial charge in [-0.3, -0.25) is 4.68 Å². The van der Waals surface area contributed by atoms with E-state index in [4.69, 9.17) is 5.73 Å². The van der Waals surface area contributed by atoms with Gasteiger partial charge in [0.1, 0.15) is 0 Å². The molecule has 0 spiro atoms. The lowest BCUT2D eigenvalue weighted by Gasteiger charge is -2.19. The molecule has 100 valence electrons. The van der Waals surface area contributed by atoms with Gasteiger partial charge in [-0.2, -0.15) is 5.10 Å². The lowest BCUT2D eigenvalue weighted by atomic mass is 10.0. The molecule has 2 aromatic rings. The molecular weight excluding hydrogens is 236 g/mol. The molecule has 2 N–H and O–H groups in total. The van der Waals surface area contributed by atoms with Crippen LogP contribution in [0.2, 0.25) is 0 Å². The molecule has 0 aliphatic carbocycles. The average Bonchev–Trinajstić information content (AvgIpc) is 2.73. The topological polar surface area (TPSA) is 47.1 Å². The molecule has 0 radical (unpaired) electrons. The van der Waals surface area contributed by atoms with E-state index in [0.29, 0.717) is 0 Å². The summed E-state index contributed by atoms with van der Waals surface area (Å²) < 4.78 is 1.92. The zero-order chi connectivity index (χ0) is 13.1. The van der Waals surface area contributed by atoms with E-state index >= 15 is 0 Å². The van der Waals surface area contributed by atoms with Crippen molar-refractivity contribution in [1.82, 2.24) is 14.7 Å². The number of nitrogens with two attached hydrogens (primary N) is 1. The van der Waals surface area contributed by atoms with Gasteiger partial charge in [0.15, 0.2) is 0 Å². The van der Waals surface area contributed by atoms with Crippen LogP contribution in [-0.4, -0.2) is 34.3 Å². The lowest BCUT2D eigenvalue weighted by molar-refractivity contribution is 0.271. The van der Waals surface area contributed by atoms with Crippen molar-refractivity contribution in [2.24, 2.45) is 0 Å². The highest BCUT2D eigenvalue weighted by atomic mass is 15.3. The van der Waals surface area contributed by atoms with Crippen molar-refractivity contribution < 1.29 is 0 Å². The molecule has 4 heteroatoms. The van der Waals surface area contributed by atoms with Gasteiger partial charge in [-0.25, -0.2) is 0 Å². The van der Waals surface area contributed by atoms with Gasteiger partial charge in [0.2, 0.25) is 0 Å². The van der Waals surface area contributed by atoms with Crippen LogP contribution in [0.5, 0.6) is 0 Å². The first-order valence-corrected chi connectivity index (χ1v) is 6.88. The van der Waals surface area contributed by atoms with Crippen molar-refractivity contribution in [1.29, 1.82) is 0 Å². The van der Waals surface area contributed by atoms with Crippen LogP contribution in [0.25, 0.3) is 0 Å². The van der Waals surface area contributed by atoms with E-state index < -0.39 is 0 Å². The zero-order valence-corrected chi connectivity index (χ0v) is 11.1. The molecule has 2 heterocycles. The van der Waals surface area contributed by atoms with E-state index in [2.05, 4.69) is 34.3 Å². The third kappa shape index (κ3) is 2.96. The first kappa shape index (κ1) is 12.2. The predicted octanol–water partition coefficient (Wildman–Crippen LogP) is 1.57. The second-order valence-electron chi connectivity index (χ2n) is 5.15. The Hall–Kier alpha value is -1.81. The number of fused-ring (bicyclic) bond motifs is 1. The van der Waals surface area contributed by atoms with E-state index in [0.717, 1.165) is 44.7 Å². The van der Waals surface area contributed by atoms with Gasteiger partial charge in [-0.05, 0) is 24.0 Å². The zero-order valence-electron chi connectivity index (χ0n) is 11.1. The quantitative estimate of drug-likeness (QED) is 0.906. The molecule has 0 amide bonds. The van der Waals surface area contributed by atoms with Gasteiger partial charge in [0.25, 0.3) is 0 Å². The van der Waals surface area contributed by atoms with E-state index in [9.17, 15) is 0 Å². The first-order valence-electron chi connectivity index (χ1n) is 6.88. The third-order valence-corrected chi connectivity index (χ3v) is 3.81. The van der Waals surface area contributed by atoms with Crippen molar-refractivity contribution in [2.75, 3.05) is 25.4 Å². The van der Waals surface area contributed by atoms with Gasteiger partial charge in [-0.1, -0.05) is 24.3 Å². The smallest absolute Gasteiger partial charge is 0.0719 e. The highest BCUT2D eigenvalue weighted by Crippen LogP contribution is 2.15. The van der Waals surface area contributed by atoms with Crippen molar-refractivity contribution in [3.8, 4) is 0 Å². The van der Waals surface area contributed by atoms with Gasteiger partial charge in [0, 0.05) is 25.8 Å². The number of benzene rings is 1. The largest absolute Gasteiger partial charge is 0.396 e. The summed E-state index contributed by atoms with van der Waals surface area (Å²) in [7, 11) is 0. The molecular formula is C15H20N4. The molecule has 0 bridgehead atoms. The van der Waals surface area contributed by atoms with Crippen LogP contribution in [0, 0.1) is 0 Å². The molecule has 1 aromatic heterocycles. The number of rotatable bonds is 3. The minimum atomic E-state index is 0.739. The fourth-order valence-electron chi connectivity index (χ4n) is 2.68. The van der Waals surface area contributed by atoms with E-state index in [1.165, 1.54) is 11.1 Å². The third-order valence-electron chi connectivity index (χ3n) is 3.81. The van der Waals surface area contributed by atoms with Crippen molar-refractivity contribution >= 4 is 5.69 Å². The van der Waals surface area contributed by atoms with Crippen molar-refractivity contribution in [2.45, 2.75) is 19.4 Å². The molecule has 0 atom stereocenters. The van der Waals surface area contributed by atoms with Crippen LogP contribution in [0.15, 0.2) is 36.7 Å². The fraction of sp³-hybridized carbons (Fsp3) is 0.400. The number of nitrogens with zero attached hydrogens (tertiary/aromatic N) is 3. The Morgan fingerprint density at radius 3 is 2.32 bits per heavy atom. The Morgan fingerprint density at radius 2 is 1.74 bits per heavy atom. The Bertz CT molecular complexity index is 520. The van der Waals surface area contributed by atoms with Crippen molar-refractivity contribution in [3.63, 3.8) is 0 Å². The van der Waals surface area contributed by atoms with E-state index in [1.807, 2.05) is 10.9 Å². The van der Waals surface area contributed by atoms with Crippen molar-refractivity contribution in [3.05, 3.63) is 47.8 Å². The highest BCUT2D eigenvalue weighted by Gasteiger charge is 2.13. The second-order valence-corrected chi connectivity index (χ2v) is 5.15. The Kier molecular flexibility index (Phi) is 3.51. The van der Waals surface area contributed by atoms with Gasteiger partial charge in [0.05, 0.1) is 18.4 Å². The average molecular weight is 256 g/mol. The molecule has 19 heavy (non-hydrogen) atoms. The number of anilines is 1. The number of nitrogen functional groups attached to an aromatic ring is 1. The first-order chi connectivity index (χ1) is 9.31. The van der Waals surface area contributed by atoms with Crippen LogP contribution in [0.4, 0.5) is 5.69 Å². The normalized spacial score (nSPS) is 16.0. The van der Waals surface area contributed by atoms with Gasteiger partial charge < -0.3 is 10.6 Å². The molecule has 1 aromatic carbocycles. The molecule has 0 saturated heterocycles. The number of hydrogen-bond donors (Lipinski definition) is 1. The summed E-state index contributed by atoms with van der Waals surface area (Å²) >= 11 is 0. The molecule has 0 unspecified atom stereocenters. The van der Waals surface area contributed by atoms with Gasteiger partial charge >= 0.3 is 0 Å². The lowest BCUT2D eigenvalue weighted by Crippen LogP contribution is -2.30. The van der Waals surface area contributed by atoms with Crippen LogP contribution in [0.1, 0.15) is 11.1 Å². The summed E-state index contributed by atoms with van der Waals surface area (Å²) in [6.45, 7) is 4.21. The maximum Gasteiger partial charge on any atom is 0.0719 e. The van der Waals surface area contributed by atoms with Crippen LogP contribution < -0.4 is 5.73 Å². The molecule has 1 aliphatic rings. The summed E-state index contributed by atoms with van der Waals surface area (Å²) in [4.78, 5) is 2.51. The summed E-state index contributed by atoms with van der Waals surface area (Å²) in [6.07, 6.45) is 5.90. The van der Waals surface area contributed by atoms with E-state index in [1.54, 1.807) is 6.20 Å². The van der Waals surface area contributed by atoms with Crippen LogP contribution in [-0.2, 0) is 19.4 Å². The maximum absolute atomic E-state index is 5.67. The number of hydrogen-bond acceptors (Lipinski definition) is 3. The summed E-state index contributed by atoms with van der Waals surface area (Å²) in [5.41, 5.74) is 9.43. The Balaban J connectivity index is 1.57. The molecule has 4 nitrogen and oxygen atoms in total. The fourth-order valence-corrected chi connectivity index (χ4v) is 2.68. The Labute approximate surface area is 113 Å². The SMILES string of the molecule is Nc1cnn(CCN2CCc3ccccc3CC2)c1. The predicted molar refractivity (Wildman–Crippen MR) is 76.9 cm³/mol. The second kappa shape index (κ2) is 5.45. The monoisotopic (exact) mass is 256 g/mol. The van der Waals surface area contributed by atoms with Crippen LogP contribution >= 0.6 is 0 Å². The summed E-state index contributed by atoms with van der Waals surface area (Å²) in [5, 5.41) is 4.23. The standard InChI is InChI=1S/C15H20N4/c16-15-11-17-19(12-15)10-9-18-7-5-13-3-1-2-4-14(13)6-8-18/h1-4,11-12H,5-10,16H2. The minimum absolute atomic E-state index is 0.739. The number of aromatic nitrogens is 2. The molecule has 0 fully saturated rings. The highest BCUT2D eigenvalue weighted by molar-refractivity contribution is 5.30. The Morgan fingerprint density at radius 1 is 1.05 bits per heavy atom. The summed E-state index contributed by atoms with van der Waals surface area (Å²) in [5.74, 6) is 0. The van der Waals surface area contributed by atoms with Crippen LogP contribution in [0.3, 0.4) is 0 Å².